The summed E-state index contributed by atoms with van der Waals surface area (Å²) in [6, 6.07) is 1.82. The number of hydrogen-bond acceptors (Lipinski definition) is 6. The first-order valence-corrected chi connectivity index (χ1v) is 8.38. The van der Waals surface area contributed by atoms with E-state index in [1.54, 1.807) is 0 Å². The Balaban J connectivity index is 4.49. The zero-order chi connectivity index (χ0) is 16.5. The van der Waals surface area contributed by atoms with Gasteiger partial charge in [-0.3, -0.25) is 4.79 Å². The molecule has 1 unspecified atom stereocenters. The maximum atomic E-state index is 11.8. The minimum Gasteiger partial charge on any atom is -0.449 e. The van der Waals surface area contributed by atoms with Gasteiger partial charge in [-0.15, -0.1) is 0 Å². The van der Waals surface area contributed by atoms with Crippen LogP contribution < -0.4 is 10.6 Å². The van der Waals surface area contributed by atoms with E-state index in [1.165, 1.54) is 0 Å². The maximum absolute atomic E-state index is 11.8. The van der Waals surface area contributed by atoms with Crippen LogP contribution in [0, 0.1) is 17.2 Å². The van der Waals surface area contributed by atoms with Crippen LogP contribution in [-0.2, 0) is 19.4 Å². The number of amides is 2. The molecule has 0 fully saturated rings. The first-order valence-electron chi connectivity index (χ1n) is 6.42. The van der Waals surface area contributed by atoms with Gasteiger partial charge in [0.2, 0.25) is 5.91 Å². The standard InChI is InChI=1S/C12H21N3O5S/c1-9(2)8-20-12(17)15-7-10(21(3,18)19)11(16)14-6-4-5-13/h9-10H,4,6-8H2,1-3H3,(H,14,16)(H,15,17). The zero-order valence-corrected chi connectivity index (χ0v) is 13.2. The summed E-state index contributed by atoms with van der Waals surface area (Å²) in [5, 5.41) is 11.5. The Labute approximate surface area is 124 Å². The normalized spacial score (nSPS) is 12.3. The molecule has 0 radical (unpaired) electrons. The van der Waals surface area contributed by atoms with Crippen molar-refractivity contribution in [3.05, 3.63) is 0 Å². The Morgan fingerprint density at radius 2 is 1.90 bits per heavy atom. The van der Waals surface area contributed by atoms with Crippen LogP contribution in [0.3, 0.4) is 0 Å². The number of alkyl carbamates (subject to hydrolysis) is 1. The number of hydrogen-bond donors (Lipinski definition) is 2. The van der Waals surface area contributed by atoms with E-state index in [9.17, 15) is 18.0 Å². The second-order valence-corrected chi connectivity index (χ2v) is 7.12. The van der Waals surface area contributed by atoms with Crippen LogP contribution >= 0.6 is 0 Å². The van der Waals surface area contributed by atoms with Gasteiger partial charge < -0.3 is 15.4 Å². The molecule has 0 aliphatic rings. The lowest BCUT2D eigenvalue weighted by Gasteiger charge is -2.15. The number of nitriles is 1. The fourth-order valence-corrected chi connectivity index (χ4v) is 2.12. The van der Waals surface area contributed by atoms with Crippen LogP contribution in [0.4, 0.5) is 4.79 Å². The number of carbonyl (C=O) groups is 2. The highest BCUT2D eigenvalue weighted by Crippen LogP contribution is 2.00. The molecule has 8 nitrogen and oxygen atoms in total. The Bertz CT molecular complexity index is 496. The van der Waals surface area contributed by atoms with Crippen molar-refractivity contribution in [3.8, 4) is 6.07 Å². The lowest BCUT2D eigenvalue weighted by Crippen LogP contribution is -2.47. The lowest BCUT2D eigenvalue weighted by atomic mass is 10.2. The molecule has 0 saturated heterocycles. The van der Waals surface area contributed by atoms with Gasteiger partial charge in [0.1, 0.15) is 0 Å². The van der Waals surface area contributed by atoms with Gasteiger partial charge in [0, 0.05) is 19.3 Å². The summed E-state index contributed by atoms with van der Waals surface area (Å²) in [7, 11) is -3.69. The van der Waals surface area contributed by atoms with Crippen molar-refractivity contribution in [2.45, 2.75) is 25.5 Å². The Morgan fingerprint density at radius 1 is 1.29 bits per heavy atom. The SMILES string of the molecule is CC(C)COC(=O)NCC(C(=O)NCCC#N)S(C)(=O)=O. The van der Waals surface area contributed by atoms with E-state index in [4.69, 9.17) is 10.00 Å². The maximum Gasteiger partial charge on any atom is 0.407 e. The van der Waals surface area contributed by atoms with Crippen molar-refractivity contribution in [2.24, 2.45) is 5.92 Å². The van der Waals surface area contributed by atoms with E-state index in [0.717, 1.165) is 6.26 Å². The van der Waals surface area contributed by atoms with Crippen molar-refractivity contribution in [3.63, 3.8) is 0 Å². The largest absolute Gasteiger partial charge is 0.449 e. The molecule has 1 atom stereocenters. The molecule has 21 heavy (non-hydrogen) atoms. The fourth-order valence-electron chi connectivity index (χ4n) is 1.26. The molecule has 0 bridgehead atoms. The second-order valence-electron chi connectivity index (χ2n) is 4.89. The summed E-state index contributed by atoms with van der Waals surface area (Å²) in [6.45, 7) is 3.58. The molecule has 9 heteroatoms. The van der Waals surface area contributed by atoms with Crippen molar-refractivity contribution >= 4 is 21.8 Å². The summed E-state index contributed by atoms with van der Waals surface area (Å²) < 4.78 is 28.0. The monoisotopic (exact) mass is 319 g/mol. The molecule has 0 aromatic rings. The molecule has 0 aromatic heterocycles. The summed E-state index contributed by atoms with van der Waals surface area (Å²) in [5.74, 6) is -0.604. The van der Waals surface area contributed by atoms with E-state index >= 15 is 0 Å². The first-order chi connectivity index (χ1) is 9.68. The Kier molecular flexibility index (Phi) is 8.38. The number of ether oxygens (including phenoxy) is 1. The van der Waals surface area contributed by atoms with Crippen LogP contribution in [0.2, 0.25) is 0 Å². The molecule has 2 N–H and O–H groups in total. The Morgan fingerprint density at radius 3 is 2.38 bits per heavy atom. The number of sulfone groups is 1. The molecule has 0 saturated carbocycles. The van der Waals surface area contributed by atoms with Gasteiger partial charge in [-0.1, -0.05) is 13.8 Å². The third-order valence-corrected chi connectivity index (χ3v) is 3.74. The van der Waals surface area contributed by atoms with Crippen molar-refractivity contribution < 1.29 is 22.7 Å². The van der Waals surface area contributed by atoms with Crippen molar-refractivity contribution in [1.29, 1.82) is 5.26 Å². The topological polar surface area (TPSA) is 125 Å². The van der Waals surface area contributed by atoms with Gasteiger partial charge in [-0.25, -0.2) is 13.2 Å². The molecular formula is C12H21N3O5S. The summed E-state index contributed by atoms with van der Waals surface area (Å²) >= 11 is 0. The highest BCUT2D eigenvalue weighted by molar-refractivity contribution is 7.92. The molecule has 0 rings (SSSR count). The van der Waals surface area contributed by atoms with E-state index in [2.05, 4.69) is 10.6 Å². The number of carbonyl (C=O) groups excluding carboxylic acids is 2. The Hall–Kier alpha value is -1.82. The minimum absolute atomic E-state index is 0.0547. The van der Waals surface area contributed by atoms with Crippen LogP contribution in [0.5, 0.6) is 0 Å². The number of nitrogens with one attached hydrogen (secondary N) is 2. The van der Waals surface area contributed by atoms with Crippen molar-refractivity contribution in [2.75, 3.05) is 26.0 Å². The lowest BCUT2D eigenvalue weighted by molar-refractivity contribution is -0.120. The van der Waals surface area contributed by atoms with E-state index < -0.39 is 27.1 Å². The van der Waals surface area contributed by atoms with Gasteiger partial charge in [0.15, 0.2) is 15.1 Å². The van der Waals surface area contributed by atoms with E-state index in [0.29, 0.717) is 0 Å². The molecule has 0 spiro atoms. The molecule has 120 valence electrons. The van der Waals surface area contributed by atoms with Gasteiger partial charge in [-0.05, 0) is 5.92 Å². The molecule has 0 heterocycles. The van der Waals surface area contributed by atoms with Crippen LogP contribution in [0.15, 0.2) is 0 Å². The van der Waals surface area contributed by atoms with Gasteiger partial charge in [-0.2, -0.15) is 5.26 Å². The summed E-state index contributed by atoms with van der Waals surface area (Å²) in [6.07, 6.45) is 0.205. The molecule has 0 aliphatic carbocycles. The predicted octanol–water partition coefficient (Wildman–Crippen LogP) is -0.188. The highest BCUT2D eigenvalue weighted by Gasteiger charge is 2.29. The second kappa shape index (κ2) is 9.18. The third kappa shape index (κ3) is 8.86. The number of nitrogens with zero attached hydrogens (tertiary/aromatic N) is 1. The summed E-state index contributed by atoms with van der Waals surface area (Å²) in [4.78, 5) is 23.1. The van der Waals surface area contributed by atoms with E-state index in [-0.39, 0.29) is 32.0 Å². The third-order valence-electron chi connectivity index (χ3n) is 2.32. The van der Waals surface area contributed by atoms with Crippen LogP contribution in [0.25, 0.3) is 0 Å². The number of rotatable bonds is 8. The predicted molar refractivity (Wildman–Crippen MR) is 76.1 cm³/mol. The molecular weight excluding hydrogens is 298 g/mol. The quantitative estimate of drug-likeness (QED) is 0.597. The van der Waals surface area contributed by atoms with Gasteiger partial charge in [0.25, 0.3) is 0 Å². The van der Waals surface area contributed by atoms with E-state index in [1.807, 2.05) is 19.9 Å². The van der Waals surface area contributed by atoms with Gasteiger partial charge >= 0.3 is 6.09 Å². The molecule has 2 amide bonds. The molecule has 0 aliphatic heterocycles. The first kappa shape index (κ1) is 19.2. The van der Waals surface area contributed by atoms with Gasteiger partial charge in [0.05, 0.1) is 19.1 Å². The van der Waals surface area contributed by atoms with Crippen LogP contribution in [0.1, 0.15) is 20.3 Å². The average Bonchev–Trinajstić information content (AvgIpc) is 2.35. The smallest absolute Gasteiger partial charge is 0.407 e. The van der Waals surface area contributed by atoms with Crippen molar-refractivity contribution in [1.82, 2.24) is 10.6 Å². The molecule has 0 aromatic carbocycles. The zero-order valence-electron chi connectivity index (χ0n) is 12.4. The minimum atomic E-state index is -3.69. The fraction of sp³-hybridized carbons (Fsp3) is 0.750. The van der Waals surface area contributed by atoms with Crippen LogP contribution in [-0.4, -0.2) is 51.6 Å². The highest BCUT2D eigenvalue weighted by atomic mass is 32.2. The average molecular weight is 319 g/mol. The summed E-state index contributed by atoms with van der Waals surface area (Å²) in [5.41, 5.74) is 0.